The van der Waals surface area contributed by atoms with Crippen molar-refractivity contribution in [3.05, 3.63) is 27.1 Å². The lowest BCUT2D eigenvalue weighted by Gasteiger charge is -2.40. The second-order valence-corrected chi connectivity index (χ2v) is 14.6. The van der Waals surface area contributed by atoms with E-state index in [4.69, 9.17) is 16.0 Å². The van der Waals surface area contributed by atoms with Crippen LogP contribution in [0.5, 0.6) is 0 Å². The van der Waals surface area contributed by atoms with Gasteiger partial charge in [-0.05, 0) is 59.5 Å². The van der Waals surface area contributed by atoms with E-state index in [0.717, 1.165) is 34.5 Å². The Morgan fingerprint density at radius 3 is 2.67 bits per heavy atom. The summed E-state index contributed by atoms with van der Waals surface area (Å²) in [5, 5.41) is 0.799. The summed E-state index contributed by atoms with van der Waals surface area (Å²) in [5.41, 5.74) is 0.896. The molecule has 7 heteroatoms. The van der Waals surface area contributed by atoms with Gasteiger partial charge in [0.25, 0.3) is 0 Å². The average Bonchev–Trinajstić information content (AvgIpc) is 2.79. The minimum absolute atomic E-state index is 0.274. The predicted octanol–water partition coefficient (Wildman–Crippen LogP) is 5.50. The topological polar surface area (TPSA) is 39.4 Å². The minimum Gasteiger partial charge on any atom is -0.417 e. The highest BCUT2D eigenvalue weighted by Gasteiger charge is 2.40. The Hall–Kier alpha value is -0.183. The fourth-order valence-electron chi connectivity index (χ4n) is 2.88. The molecule has 0 atom stereocenters. The van der Waals surface area contributed by atoms with Gasteiger partial charge >= 0.3 is 0 Å². The van der Waals surface area contributed by atoms with Crippen LogP contribution >= 0.6 is 34.2 Å². The normalized spacial score (nSPS) is 22.0. The summed E-state index contributed by atoms with van der Waals surface area (Å²) in [4.78, 5) is 8.89. The first-order chi connectivity index (χ1) is 11.1. The fourth-order valence-corrected chi connectivity index (χ4v) is 4.86. The molecule has 1 fully saturated rings. The van der Waals surface area contributed by atoms with Crippen LogP contribution in [-0.4, -0.2) is 29.3 Å². The zero-order chi connectivity index (χ0) is 17.7. The van der Waals surface area contributed by atoms with Gasteiger partial charge in [0.15, 0.2) is 13.5 Å². The summed E-state index contributed by atoms with van der Waals surface area (Å²) < 4.78 is 9.36. The molecule has 0 amide bonds. The van der Waals surface area contributed by atoms with E-state index in [2.05, 4.69) is 70.8 Å². The summed E-state index contributed by atoms with van der Waals surface area (Å²) in [6, 6.07) is 0. The van der Waals surface area contributed by atoms with Crippen molar-refractivity contribution in [2.75, 3.05) is 6.61 Å². The number of halogens is 2. The van der Waals surface area contributed by atoms with Gasteiger partial charge < -0.3 is 4.43 Å². The molecule has 0 aromatic carbocycles. The van der Waals surface area contributed by atoms with Crippen LogP contribution in [0.25, 0.3) is 5.52 Å². The zero-order valence-corrected chi connectivity index (χ0v) is 18.8. The second kappa shape index (κ2) is 6.52. The lowest BCUT2D eigenvalue weighted by atomic mass is 9.75. The van der Waals surface area contributed by atoms with Gasteiger partial charge in [-0.3, -0.25) is 4.40 Å². The Morgan fingerprint density at radius 2 is 2.04 bits per heavy atom. The molecule has 1 saturated carbocycles. The highest BCUT2D eigenvalue weighted by Crippen LogP contribution is 2.43. The molecule has 0 radical (unpaired) electrons. The molecule has 0 N–H and O–H groups in total. The highest BCUT2D eigenvalue weighted by atomic mass is 127. The molecule has 1 aliphatic rings. The van der Waals surface area contributed by atoms with E-state index in [-0.39, 0.29) is 5.04 Å². The molecule has 132 valence electrons. The van der Waals surface area contributed by atoms with Crippen molar-refractivity contribution >= 4 is 48.0 Å². The quantitative estimate of drug-likeness (QED) is 0.431. The van der Waals surface area contributed by atoms with Gasteiger partial charge in [0, 0.05) is 18.7 Å². The number of aromatic nitrogens is 3. The van der Waals surface area contributed by atoms with Crippen molar-refractivity contribution in [1.82, 2.24) is 14.4 Å². The van der Waals surface area contributed by atoms with E-state index in [1.165, 1.54) is 0 Å². The van der Waals surface area contributed by atoms with E-state index in [0.29, 0.717) is 17.0 Å². The van der Waals surface area contributed by atoms with E-state index in [1.54, 1.807) is 0 Å². The molecule has 24 heavy (non-hydrogen) atoms. The maximum atomic E-state index is 6.37. The molecule has 3 rings (SSSR count). The molecule has 0 spiro atoms. The van der Waals surface area contributed by atoms with Crippen molar-refractivity contribution in [2.24, 2.45) is 5.92 Å². The average molecular weight is 478 g/mol. The number of hydrogen-bond acceptors (Lipinski definition) is 3. The lowest BCUT2D eigenvalue weighted by Crippen LogP contribution is -2.43. The SMILES string of the molecule is CC(C)(C)[Si](C)(C)OC[C@H]1C[C@@H](c2ncc3c(Cl)nc(I)cn32)C1. The molecule has 2 heterocycles. The summed E-state index contributed by atoms with van der Waals surface area (Å²) in [6.07, 6.45) is 6.14. The van der Waals surface area contributed by atoms with Crippen LogP contribution in [0.15, 0.2) is 12.4 Å². The number of imidazole rings is 1. The van der Waals surface area contributed by atoms with Crippen molar-refractivity contribution in [2.45, 2.75) is 57.7 Å². The molecule has 2 aromatic heterocycles. The first-order valence-electron chi connectivity index (χ1n) is 8.41. The maximum absolute atomic E-state index is 6.37. The molecule has 4 nitrogen and oxygen atoms in total. The third-order valence-corrected chi connectivity index (χ3v) is 10.9. The molecule has 0 bridgehead atoms. The Labute approximate surface area is 163 Å². The van der Waals surface area contributed by atoms with E-state index in [1.807, 2.05) is 12.4 Å². The molecule has 1 aliphatic carbocycles. The monoisotopic (exact) mass is 477 g/mol. The maximum Gasteiger partial charge on any atom is 0.191 e. The van der Waals surface area contributed by atoms with Crippen LogP contribution in [0.3, 0.4) is 0 Å². The Morgan fingerprint density at radius 1 is 1.38 bits per heavy atom. The van der Waals surface area contributed by atoms with E-state index < -0.39 is 8.32 Å². The van der Waals surface area contributed by atoms with Crippen LogP contribution in [0.1, 0.15) is 45.4 Å². The van der Waals surface area contributed by atoms with Gasteiger partial charge in [-0.25, -0.2) is 9.97 Å². The molecular weight excluding hydrogens is 453 g/mol. The van der Waals surface area contributed by atoms with Crippen LogP contribution in [0.4, 0.5) is 0 Å². The predicted molar refractivity (Wildman–Crippen MR) is 109 cm³/mol. The molecule has 0 unspecified atom stereocenters. The number of nitrogens with zero attached hydrogens (tertiary/aromatic N) is 3. The number of rotatable bonds is 4. The Kier molecular flexibility index (Phi) is 5.05. The molecule has 2 aromatic rings. The van der Waals surface area contributed by atoms with E-state index in [9.17, 15) is 0 Å². The van der Waals surface area contributed by atoms with Gasteiger partial charge in [-0.1, -0.05) is 32.4 Å². The van der Waals surface area contributed by atoms with Crippen molar-refractivity contribution in [3.8, 4) is 0 Å². The summed E-state index contributed by atoms with van der Waals surface area (Å²) in [6.45, 7) is 12.4. The van der Waals surface area contributed by atoms with E-state index >= 15 is 0 Å². The van der Waals surface area contributed by atoms with Crippen molar-refractivity contribution in [1.29, 1.82) is 0 Å². The first-order valence-corrected chi connectivity index (χ1v) is 12.8. The molecule has 0 aliphatic heterocycles. The lowest BCUT2D eigenvalue weighted by molar-refractivity contribution is 0.143. The fraction of sp³-hybridized carbons (Fsp3) is 0.647. The summed E-state index contributed by atoms with van der Waals surface area (Å²) >= 11 is 8.42. The zero-order valence-electron chi connectivity index (χ0n) is 14.9. The Bertz CT molecular complexity index is 750. The summed E-state index contributed by atoms with van der Waals surface area (Å²) in [5.74, 6) is 2.25. The van der Waals surface area contributed by atoms with Crippen LogP contribution in [-0.2, 0) is 4.43 Å². The van der Waals surface area contributed by atoms with Crippen LogP contribution in [0.2, 0.25) is 23.3 Å². The third-order valence-electron chi connectivity index (χ3n) is 5.56. The van der Waals surface area contributed by atoms with Crippen molar-refractivity contribution < 1.29 is 4.43 Å². The van der Waals surface area contributed by atoms with Gasteiger partial charge in [-0.2, -0.15) is 0 Å². The number of hydrogen-bond donors (Lipinski definition) is 0. The van der Waals surface area contributed by atoms with Crippen LogP contribution < -0.4 is 0 Å². The van der Waals surface area contributed by atoms with Crippen LogP contribution in [0, 0.1) is 9.62 Å². The smallest absolute Gasteiger partial charge is 0.191 e. The van der Waals surface area contributed by atoms with Gasteiger partial charge in [-0.15, -0.1) is 0 Å². The standard InChI is InChI=1S/C17H25ClIN3OSi/c1-17(2,3)24(4,5)23-10-11-6-12(7-11)16-20-8-13-15(18)21-14(19)9-22(13)16/h8-9,11-12H,6-7,10H2,1-5H3/t11-,12+. The summed E-state index contributed by atoms with van der Waals surface area (Å²) in [7, 11) is -1.64. The molecular formula is C17H25ClIN3OSi. The van der Waals surface area contributed by atoms with Gasteiger partial charge in [0.05, 0.1) is 6.20 Å². The minimum atomic E-state index is -1.64. The third kappa shape index (κ3) is 3.52. The van der Waals surface area contributed by atoms with Gasteiger partial charge in [0.1, 0.15) is 15.0 Å². The van der Waals surface area contributed by atoms with Crippen molar-refractivity contribution in [3.63, 3.8) is 0 Å². The Balaban J connectivity index is 1.63. The molecule has 0 saturated heterocycles. The van der Waals surface area contributed by atoms with Gasteiger partial charge in [0.2, 0.25) is 0 Å². The second-order valence-electron chi connectivity index (χ2n) is 8.33. The number of fused-ring (bicyclic) bond motifs is 1. The largest absolute Gasteiger partial charge is 0.417 e. The highest BCUT2D eigenvalue weighted by molar-refractivity contribution is 14.1. The first kappa shape index (κ1) is 18.6.